The lowest BCUT2D eigenvalue weighted by Crippen LogP contribution is -1.98. The molecule has 0 aliphatic carbocycles. The maximum absolute atomic E-state index is 4.23. The normalized spacial score (nSPS) is 10.2. The van der Waals surface area contributed by atoms with E-state index in [4.69, 9.17) is 0 Å². The Labute approximate surface area is 77.8 Å². The molecule has 0 spiro atoms. The fraction of sp³-hybridized carbons (Fsp3) is 0.182. The quantitative estimate of drug-likeness (QED) is 0.679. The van der Waals surface area contributed by atoms with Gasteiger partial charge < -0.3 is 0 Å². The highest BCUT2D eigenvalue weighted by Gasteiger charge is 1.94. The molecule has 0 saturated carbocycles. The van der Waals surface area contributed by atoms with Gasteiger partial charge in [0.05, 0.1) is 12.7 Å². The molecular weight excluding hydrogens is 160 g/mol. The van der Waals surface area contributed by atoms with Crippen LogP contribution < -0.4 is 0 Å². The van der Waals surface area contributed by atoms with E-state index in [2.05, 4.69) is 24.2 Å². The lowest BCUT2D eigenvalue weighted by molar-refractivity contribution is 0.686. The second-order valence-corrected chi connectivity index (χ2v) is 3.20. The largest absolute Gasteiger partial charge is 0.268 e. The Morgan fingerprint density at radius 3 is 2.62 bits per heavy atom. The maximum Gasteiger partial charge on any atom is 0.0659 e. The van der Waals surface area contributed by atoms with Crippen molar-refractivity contribution in [1.82, 2.24) is 9.78 Å². The van der Waals surface area contributed by atoms with Crippen molar-refractivity contribution in [2.75, 3.05) is 0 Å². The van der Waals surface area contributed by atoms with Gasteiger partial charge in [0.1, 0.15) is 0 Å². The molecule has 1 heterocycles. The summed E-state index contributed by atoms with van der Waals surface area (Å²) < 4.78 is 1.95. The molecule has 0 aliphatic rings. The van der Waals surface area contributed by atoms with Crippen LogP contribution in [0.1, 0.15) is 11.1 Å². The first-order valence-electron chi connectivity index (χ1n) is 4.37. The SMILES string of the molecule is Cc1cnn(Cc2ccccc2)c1. The van der Waals surface area contributed by atoms with E-state index in [0.29, 0.717) is 0 Å². The van der Waals surface area contributed by atoms with Crippen LogP contribution in [0.15, 0.2) is 42.7 Å². The van der Waals surface area contributed by atoms with Crippen molar-refractivity contribution >= 4 is 0 Å². The molecule has 2 aromatic rings. The fourth-order valence-corrected chi connectivity index (χ4v) is 1.32. The van der Waals surface area contributed by atoms with Crippen LogP contribution in [-0.2, 0) is 6.54 Å². The highest BCUT2D eigenvalue weighted by atomic mass is 15.3. The molecule has 0 bridgehead atoms. The van der Waals surface area contributed by atoms with Crippen molar-refractivity contribution in [3.8, 4) is 0 Å². The standard InChI is InChI=1S/C11H12N2/c1-10-7-12-13(8-10)9-11-5-3-2-4-6-11/h2-8H,9H2,1H3. The van der Waals surface area contributed by atoms with Gasteiger partial charge in [0.2, 0.25) is 0 Å². The molecule has 66 valence electrons. The number of benzene rings is 1. The highest BCUT2D eigenvalue weighted by Crippen LogP contribution is 2.02. The van der Waals surface area contributed by atoms with Crippen LogP contribution in [0.5, 0.6) is 0 Å². The molecule has 0 fully saturated rings. The van der Waals surface area contributed by atoms with Crippen molar-refractivity contribution in [2.24, 2.45) is 0 Å². The van der Waals surface area contributed by atoms with E-state index in [1.807, 2.05) is 35.3 Å². The molecule has 1 aromatic heterocycles. The average molecular weight is 172 g/mol. The van der Waals surface area contributed by atoms with Gasteiger partial charge in [-0.15, -0.1) is 0 Å². The summed E-state index contributed by atoms with van der Waals surface area (Å²) in [6.07, 6.45) is 3.93. The van der Waals surface area contributed by atoms with Gasteiger partial charge in [-0.2, -0.15) is 5.10 Å². The Morgan fingerprint density at radius 1 is 1.23 bits per heavy atom. The Bertz CT molecular complexity index is 376. The van der Waals surface area contributed by atoms with E-state index >= 15 is 0 Å². The van der Waals surface area contributed by atoms with Gasteiger partial charge in [-0.05, 0) is 18.1 Å². The summed E-state index contributed by atoms with van der Waals surface area (Å²) in [6.45, 7) is 2.91. The highest BCUT2D eigenvalue weighted by molar-refractivity contribution is 5.15. The molecule has 0 amide bonds. The third-order valence-electron chi connectivity index (χ3n) is 1.95. The summed E-state index contributed by atoms with van der Waals surface area (Å²) in [5.41, 5.74) is 2.49. The van der Waals surface area contributed by atoms with Gasteiger partial charge in [0, 0.05) is 6.20 Å². The molecule has 0 atom stereocenters. The molecular formula is C11H12N2. The monoisotopic (exact) mass is 172 g/mol. The van der Waals surface area contributed by atoms with Crippen LogP contribution in [0, 0.1) is 6.92 Å². The van der Waals surface area contributed by atoms with Crippen molar-refractivity contribution < 1.29 is 0 Å². The number of aryl methyl sites for hydroxylation is 1. The van der Waals surface area contributed by atoms with Gasteiger partial charge >= 0.3 is 0 Å². The molecule has 0 unspecified atom stereocenters. The third-order valence-corrected chi connectivity index (χ3v) is 1.95. The smallest absolute Gasteiger partial charge is 0.0659 e. The van der Waals surface area contributed by atoms with E-state index in [0.717, 1.165) is 6.54 Å². The molecule has 2 heteroatoms. The molecule has 1 aromatic carbocycles. The van der Waals surface area contributed by atoms with Crippen molar-refractivity contribution in [3.05, 3.63) is 53.9 Å². The van der Waals surface area contributed by atoms with Crippen LogP contribution in [0.4, 0.5) is 0 Å². The molecule has 2 rings (SSSR count). The summed E-state index contributed by atoms with van der Waals surface area (Å²) in [5, 5.41) is 4.23. The average Bonchev–Trinajstić information content (AvgIpc) is 2.53. The zero-order chi connectivity index (χ0) is 9.10. The van der Waals surface area contributed by atoms with Gasteiger partial charge in [0.25, 0.3) is 0 Å². The van der Waals surface area contributed by atoms with Gasteiger partial charge in [-0.1, -0.05) is 30.3 Å². The van der Waals surface area contributed by atoms with E-state index in [1.54, 1.807) is 0 Å². The van der Waals surface area contributed by atoms with Crippen LogP contribution in [-0.4, -0.2) is 9.78 Å². The number of aromatic nitrogens is 2. The lowest BCUT2D eigenvalue weighted by atomic mass is 10.2. The van der Waals surface area contributed by atoms with E-state index in [9.17, 15) is 0 Å². The Hall–Kier alpha value is -1.57. The van der Waals surface area contributed by atoms with Crippen molar-refractivity contribution in [3.63, 3.8) is 0 Å². The zero-order valence-corrected chi connectivity index (χ0v) is 7.64. The third kappa shape index (κ3) is 1.96. The summed E-state index contributed by atoms with van der Waals surface area (Å²) in [7, 11) is 0. The van der Waals surface area contributed by atoms with Gasteiger partial charge in [-0.25, -0.2) is 0 Å². The lowest BCUT2D eigenvalue weighted by Gasteiger charge is -2.00. The van der Waals surface area contributed by atoms with E-state index in [1.165, 1.54) is 11.1 Å². The number of rotatable bonds is 2. The van der Waals surface area contributed by atoms with Crippen LogP contribution >= 0.6 is 0 Å². The Morgan fingerprint density at radius 2 is 2.00 bits per heavy atom. The van der Waals surface area contributed by atoms with Crippen molar-refractivity contribution in [2.45, 2.75) is 13.5 Å². The Kier molecular flexibility index (Phi) is 2.13. The first-order valence-corrected chi connectivity index (χ1v) is 4.37. The molecule has 0 N–H and O–H groups in total. The molecule has 13 heavy (non-hydrogen) atoms. The van der Waals surface area contributed by atoms with Gasteiger partial charge in [0.15, 0.2) is 0 Å². The van der Waals surface area contributed by atoms with Crippen molar-refractivity contribution in [1.29, 1.82) is 0 Å². The molecule has 2 nitrogen and oxygen atoms in total. The van der Waals surface area contributed by atoms with Crippen LogP contribution in [0.2, 0.25) is 0 Å². The summed E-state index contributed by atoms with van der Waals surface area (Å²) in [4.78, 5) is 0. The summed E-state index contributed by atoms with van der Waals surface area (Å²) in [6, 6.07) is 10.3. The second-order valence-electron chi connectivity index (χ2n) is 3.20. The summed E-state index contributed by atoms with van der Waals surface area (Å²) in [5.74, 6) is 0. The Balaban J connectivity index is 2.15. The fourth-order valence-electron chi connectivity index (χ4n) is 1.32. The van der Waals surface area contributed by atoms with Crippen LogP contribution in [0.3, 0.4) is 0 Å². The number of hydrogen-bond donors (Lipinski definition) is 0. The molecule has 0 saturated heterocycles. The minimum atomic E-state index is 0.856. The number of hydrogen-bond acceptors (Lipinski definition) is 1. The zero-order valence-electron chi connectivity index (χ0n) is 7.64. The van der Waals surface area contributed by atoms with E-state index < -0.39 is 0 Å². The predicted molar refractivity (Wildman–Crippen MR) is 52.5 cm³/mol. The second kappa shape index (κ2) is 3.44. The van der Waals surface area contributed by atoms with Crippen LogP contribution in [0.25, 0.3) is 0 Å². The minimum Gasteiger partial charge on any atom is -0.268 e. The molecule has 0 aliphatic heterocycles. The number of nitrogens with zero attached hydrogens (tertiary/aromatic N) is 2. The van der Waals surface area contributed by atoms with Gasteiger partial charge in [-0.3, -0.25) is 4.68 Å². The van der Waals surface area contributed by atoms with E-state index in [-0.39, 0.29) is 0 Å². The summed E-state index contributed by atoms with van der Waals surface area (Å²) >= 11 is 0. The molecule has 0 radical (unpaired) electrons. The minimum absolute atomic E-state index is 0.856. The predicted octanol–water partition coefficient (Wildman–Crippen LogP) is 2.24. The first-order chi connectivity index (χ1) is 6.34. The topological polar surface area (TPSA) is 17.8 Å². The maximum atomic E-state index is 4.23. The first kappa shape index (κ1) is 8.05.